The molecular weight excluding hydrogens is 232 g/mol. The number of nitrogens with two attached hydrogens (primary N) is 1. The van der Waals surface area contributed by atoms with Gasteiger partial charge in [0.05, 0.1) is 11.4 Å². The van der Waals surface area contributed by atoms with Gasteiger partial charge in [-0.1, -0.05) is 43.7 Å². The lowest BCUT2D eigenvalue weighted by Crippen LogP contribution is -2.24. The largest absolute Gasteiger partial charge is 0.280 e. The Morgan fingerprint density at radius 2 is 1.37 bits per heavy atom. The van der Waals surface area contributed by atoms with Gasteiger partial charge in [0.25, 0.3) is 0 Å². The number of anilines is 2. The van der Waals surface area contributed by atoms with Crippen LogP contribution in [0.15, 0.2) is 48.5 Å². The fourth-order valence-electron chi connectivity index (χ4n) is 2.12. The van der Waals surface area contributed by atoms with Crippen molar-refractivity contribution < 1.29 is 0 Å². The molecule has 0 aliphatic carbocycles. The molecule has 2 rings (SSSR count). The first kappa shape index (κ1) is 13.6. The maximum atomic E-state index is 6.15. The molecule has 0 heterocycles. The topological polar surface area (TPSA) is 29.3 Å². The van der Waals surface area contributed by atoms with Crippen molar-refractivity contribution in [1.29, 1.82) is 0 Å². The van der Waals surface area contributed by atoms with E-state index in [-0.39, 0.29) is 0 Å². The van der Waals surface area contributed by atoms with Crippen molar-refractivity contribution in [2.45, 2.75) is 27.2 Å². The van der Waals surface area contributed by atoms with E-state index in [0.717, 1.165) is 17.8 Å². The molecule has 0 unspecified atom stereocenters. The first-order valence-electron chi connectivity index (χ1n) is 6.76. The summed E-state index contributed by atoms with van der Waals surface area (Å²) in [5, 5.41) is 1.72. The van der Waals surface area contributed by atoms with Crippen LogP contribution < -0.4 is 10.9 Å². The molecule has 0 aromatic heterocycles. The molecule has 19 heavy (non-hydrogen) atoms. The predicted octanol–water partition coefficient (Wildman–Crippen LogP) is 4.21. The average Bonchev–Trinajstić information content (AvgIpc) is 2.39. The first-order valence-corrected chi connectivity index (χ1v) is 6.76. The van der Waals surface area contributed by atoms with Crippen molar-refractivity contribution >= 4 is 11.4 Å². The molecule has 100 valence electrons. The normalized spacial score (nSPS) is 10.8. The molecule has 2 aromatic carbocycles. The number of hydrazine groups is 1. The third-order valence-electron chi connectivity index (χ3n) is 3.17. The molecular formula is C17H22N2. The van der Waals surface area contributed by atoms with Gasteiger partial charge in [-0.15, -0.1) is 0 Å². The van der Waals surface area contributed by atoms with E-state index in [1.165, 1.54) is 11.1 Å². The van der Waals surface area contributed by atoms with Gasteiger partial charge in [-0.25, -0.2) is 5.84 Å². The lowest BCUT2D eigenvalue weighted by Gasteiger charge is -2.19. The SMILES string of the molecule is Cc1ccc(N(N)c2ccc(CC(C)C)cc2)cc1. The van der Waals surface area contributed by atoms with Crippen LogP contribution in [-0.4, -0.2) is 0 Å². The van der Waals surface area contributed by atoms with E-state index in [2.05, 4.69) is 57.2 Å². The summed E-state index contributed by atoms with van der Waals surface area (Å²) in [6, 6.07) is 16.7. The average molecular weight is 254 g/mol. The van der Waals surface area contributed by atoms with Crippen molar-refractivity contribution in [3.05, 3.63) is 59.7 Å². The minimum absolute atomic E-state index is 0.678. The number of hydrogen-bond donors (Lipinski definition) is 1. The number of hydrogen-bond acceptors (Lipinski definition) is 2. The van der Waals surface area contributed by atoms with Crippen LogP contribution in [0.5, 0.6) is 0 Å². The maximum absolute atomic E-state index is 6.15. The highest BCUT2D eigenvalue weighted by Gasteiger charge is 2.05. The maximum Gasteiger partial charge on any atom is 0.0575 e. The molecule has 0 aliphatic heterocycles. The predicted molar refractivity (Wildman–Crippen MR) is 82.5 cm³/mol. The second-order valence-electron chi connectivity index (χ2n) is 5.47. The van der Waals surface area contributed by atoms with Crippen LogP contribution >= 0.6 is 0 Å². The van der Waals surface area contributed by atoms with Crippen molar-refractivity contribution in [2.75, 3.05) is 5.01 Å². The zero-order valence-electron chi connectivity index (χ0n) is 11.9. The second kappa shape index (κ2) is 5.89. The molecule has 0 amide bonds. The number of nitrogens with zero attached hydrogens (tertiary/aromatic N) is 1. The van der Waals surface area contributed by atoms with E-state index in [1.54, 1.807) is 5.01 Å². The minimum atomic E-state index is 0.678. The lowest BCUT2D eigenvalue weighted by atomic mass is 10.0. The Hall–Kier alpha value is -1.80. The van der Waals surface area contributed by atoms with Crippen LogP contribution in [0.1, 0.15) is 25.0 Å². The van der Waals surface area contributed by atoms with Crippen LogP contribution in [0, 0.1) is 12.8 Å². The fraction of sp³-hybridized carbons (Fsp3) is 0.294. The Morgan fingerprint density at radius 3 is 1.84 bits per heavy atom. The van der Waals surface area contributed by atoms with Crippen molar-refractivity contribution in [2.24, 2.45) is 11.8 Å². The van der Waals surface area contributed by atoms with E-state index in [1.807, 2.05) is 12.1 Å². The molecule has 0 saturated heterocycles. The summed E-state index contributed by atoms with van der Waals surface area (Å²) < 4.78 is 0. The Morgan fingerprint density at radius 1 is 0.895 bits per heavy atom. The number of benzene rings is 2. The zero-order chi connectivity index (χ0) is 13.8. The summed E-state index contributed by atoms with van der Waals surface area (Å²) >= 11 is 0. The van der Waals surface area contributed by atoms with Crippen LogP contribution in [0.4, 0.5) is 11.4 Å². The number of rotatable bonds is 4. The summed E-state index contributed by atoms with van der Waals surface area (Å²) in [7, 11) is 0. The summed E-state index contributed by atoms with van der Waals surface area (Å²) in [5.41, 5.74) is 4.61. The Kier molecular flexibility index (Phi) is 4.23. The van der Waals surface area contributed by atoms with Gasteiger partial charge in [0, 0.05) is 0 Å². The second-order valence-corrected chi connectivity index (χ2v) is 5.47. The van der Waals surface area contributed by atoms with Crippen LogP contribution in [0.2, 0.25) is 0 Å². The van der Waals surface area contributed by atoms with Gasteiger partial charge in [-0.2, -0.15) is 0 Å². The lowest BCUT2D eigenvalue weighted by molar-refractivity contribution is 0.647. The van der Waals surface area contributed by atoms with Crippen molar-refractivity contribution in [1.82, 2.24) is 0 Å². The van der Waals surface area contributed by atoms with Gasteiger partial charge in [0.15, 0.2) is 0 Å². The molecule has 0 atom stereocenters. The summed E-state index contributed by atoms with van der Waals surface area (Å²) in [4.78, 5) is 0. The standard InChI is InChI=1S/C17H22N2/c1-13(2)12-15-6-10-17(11-7-15)19(18)16-8-4-14(3)5-9-16/h4-11,13H,12,18H2,1-3H3. The molecule has 0 saturated carbocycles. The highest BCUT2D eigenvalue weighted by molar-refractivity contribution is 5.61. The fourth-order valence-corrected chi connectivity index (χ4v) is 2.12. The summed E-state index contributed by atoms with van der Waals surface area (Å²) in [6.07, 6.45) is 1.11. The molecule has 2 N–H and O–H groups in total. The van der Waals surface area contributed by atoms with E-state index >= 15 is 0 Å². The Labute approximate surface area is 115 Å². The zero-order valence-corrected chi connectivity index (χ0v) is 11.9. The van der Waals surface area contributed by atoms with Crippen LogP contribution in [0.3, 0.4) is 0 Å². The van der Waals surface area contributed by atoms with Crippen LogP contribution in [-0.2, 0) is 6.42 Å². The minimum Gasteiger partial charge on any atom is -0.280 e. The van der Waals surface area contributed by atoms with Gasteiger partial charge in [-0.05, 0) is 49.1 Å². The molecule has 0 bridgehead atoms. The monoisotopic (exact) mass is 254 g/mol. The van der Waals surface area contributed by atoms with E-state index in [0.29, 0.717) is 5.92 Å². The van der Waals surface area contributed by atoms with E-state index in [9.17, 15) is 0 Å². The Bertz CT molecular complexity index is 512. The molecule has 0 radical (unpaired) electrons. The summed E-state index contributed by atoms with van der Waals surface area (Å²) in [5.74, 6) is 6.83. The molecule has 2 aromatic rings. The van der Waals surface area contributed by atoms with Gasteiger partial charge in [-0.3, -0.25) is 5.01 Å². The van der Waals surface area contributed by atoms with Gasteiger partial charge in [0.2, 0.25) is 0 Å². The van der Waals surface area contributed by atoms with Crippen molar-refractivity contribution in [3.63, 3.8) is 0 Å². The highest BCUT2D eigenvalue weighted by Crippen LogP contribution is 2.23. The molecule has 2 heteroatoms. The van der Waals surface area contributed by atoms with E-state index < -0.39 is 0 Å². The van der Waals surface area contributed by atoms with Gasteiger partial charge < -0.3 is 0 Å². The summed E-state index contributed by atoms with van der Waals surface area (Å²) in [6.45, 7) is 6.54. The number of aryl methyl sites for hydroxylation is 1. The third-order valence-corrected chi connectivity index (χ3v) is 3.17. The van der Waals surface area contributed by atoms with Gasteiger partial charge >= 0.3 is 0 Å². The van der Waals surface area contributed by atoms with Crippen LogP contribution in [0.25, 0.3) is 0 Å². The van der Waals surface area contributed by atoms with Gasteiger partial charge in [0.1, 0.15) is 0 Å². The Balaban J connectivity index is 2.15. The van der Waals surface area contributed by atoms with E-state index in [4.69, 9.17) is 5.84 Å². The molecule has 0 aliphatic rings. The third kappa shape index (κ3) is 3.58. The molecule has 0 fully saturated rings. The quantitative estimate of drug-likeness (QED) is 0.654. The smallest absolute Gasteiger partial charge is 0.0575 e. The van der Waals surface area contributed by atoms with Crippen molar-refractivity contribution in [3.8, 4) is 0 Å². The first-order chi connectivity index (χ1) is 9.06. The molecule has 0 spiro atoms. The highest BCUT2D eigenvalue weighted by atomic mass is 15.4. The molecule has 2 nitrogen and oxygen atoms in total.